The average Bonchev–Trinajstić information content (AvgIpc) is 2.66. The lowest BCUT2D eigenvalue weighted by Crippen LogP contribution is -2.24. The maximum Gasteiger partial charge on any atom is 0.0623 e. The molecule has 110 valence electrons. The van der Waals surface area contributed by atoms with E-state index in [0.717, 1.165) is 0 Å². The van der Waals surface area contributed by atoms with E-state index in [9.17, 15) is 0 Å². The van der Waals surface area contributed by atoms with E-state index >= 15 is 0 Å². The van der Waals surface area contributed by atoms with Crippen molar-refractivity contribution in [2.75, 3.05) is 5.32 Å². The van der Waals surface area contributed by atoms with Gasteiger partial charge in [0.15, 0.2) is 0 Å². The Hall–Kier alpha value is -2.28. The Balaban J connectivity index is 1.74. The van der Waals surface area contributed by atoms with Crippen molar-refractivity contribution in [3.63, 3.8) is 0 Å². The highest BCUT2D eigenvalue weighted by atomic mass is 14.9. The zero-order valence-corrected chi connectivity index (χ0v) is 13.4. The Labute approximate surface area is 132 Å². The van der Waals surface area contributed by atoms with E-state index in [1.807, 2.05) is 0 Å². The van der Waals surface area contributed by atoms with E-state index in [-0.39, 0.29) is 0 Å². The lowest BCUT2D eigenvalue weighted by molar-refractivity contribution is 0.802. The van der Waals surface area contributed by atoms with Crippen molar-refractivity contribution >= 4 is 11.3 Å². The normalized spacial score (nSPS) is 22.0. The number of anilines is 1. The first-order chi connectivity index (χ1) is 10.6. The minimum absolute atomic E-state index is 0.350. The van der Waals surface area contributed by atoms with Crippen molar-refractivity contribution in [3.05, 3.63) is 82.4 Å². The molecule has 0 fully saturated rings. The van der Waals surface area contributed by atoms with Gasteiger partial charge in [0.25, 0.3) is 0 Å². The highest BCUT2D eigenvalue weighted by Crippen LogP contribution is 2.47. The van der Waals surface area contributed by atoms with E-state index in [0.29, 0.717) is 12.0 Å². The van der Waals surface area contributed by atoms with Gasteiger partial charge in [-0.2, -0.15) is 0 Å². The van der Waals surface area contributed by atoms with E-state index in [1.54, 1.807) is 0 Å². The minimum Gasteiger partial charge on any atom is -0.377 e. The molecule has 0 spiro atoms. The summed E-state index contributed by atoms with van der Waals surface area (Å²) in [6.45, 7) is 6.50. The number of aryl methyl sites for hydroxylation is 2. The molecule has 0 aliphatic heterocycles. The molecular formula is C21H21N. The summed E-state index contributed by atoms with van der Waals surface area (Å²) < 4.78 is 0. The summed E-state index contributed by atoms with van der Waals surface area (Å²) >= 11 is 0. The second-order valence-corrected chi connectivity index (χ2v) is 6.61. The van der Waals surface area contributed by atoms with Crippen LogP contribution in [-0.4, -0.2) is 6.04 Å². The summed E-state index contributed by atoms with van der Waals surface area (Å²) in [5.41, 5.74) is 9.51. The van der Waals surface area contributed by atoms with Crippen molar-refractivity contribution in [3.8, 4) is 0 Å². The molecular weight excluding hydrogens is 266 g/mol. The lowest BCUT2D eigenvalue weighted by Gasteiger charge is -2.25. The van der Waals surface area contributed by atoms with Gasteiger partial charge in [0.1, 0.15) is 0 Å². The summed E-state index contributed by atoms with van der Waals surface area (Å²) in [4.78, 5) is 0. The quantitative estimate of drug-likeness (QED) is 0.798. The van der Waals surface area contributed by atoms with Crippen LogP contribution in [0.1, 0.15) is 35.1 Å². The molecule has 1 N–H and O–H groups in total. The van der Waals surface area contributed by atoms with Gasteiger partial charge in [-0.05, 0) is 49.6 Å². The van der Waals surface area contributed by atoms with Gasteiger partial charge in [0.2, 0.25) is 0 Å². The molecule has 2 aromatic carbocycles. The Bertz CT molecular complexity index is 793. The summed E-state index contributed by atoms with van der Waals surface area (Å²) in [5.74, 6) is 0.442. The monoisotopic (exact) mass is 287 g/mol. The van der Waals surface area contributed by atoms with Crippen molar-refractivity contribution < 1.29 is 0 Å². The van der Waals surface area contributed by atoms with Crippen molar-refractivity contribution in [1.29, 1.82) is 0 Å². The fraction of sp³-hybridized carbons (Fsp3) is 0.238. The van der Waals surface area contributed by atoms with Crippen LogP contribution in [0.3, 0.4) is 0 Å². The maximum atomic E-state index is 3.74. The molecule has 0 saturated heterocycles. The Morgan fingerprint density at radius 1 is 0.864 bits per heavy atom. The Morgan fingerprint density at radius 2 is 1.59 bits per heavy atom. The topological polar surface area (TPSA) is 12.0 Å². The van der Waals surface area contributed by atoms with Gasteiger partial charge in [0.05, 0.1) is 6.04 Å². The van der Waals surface area contributed by atoms with Crippen LogP contribution in [0, 0.1) is 13.8 Å². The van der Waals surface area contributed by atoms with Crippen LogP contribution in [0.25, 0.3) is 5.57 Å². The largest absolute Gasteiger partial charge is 0.377 e. The van der Waals surface area contributed by atoms with E-state index in [2.05, 4.69) is 80.7 Å². The molecule has 1 nitrogen and oxygen atoms in total. The fourth-order valence-corrected chi connectivity index (χ4v) is 3.68. The van der Waals surface area contributed by atoms with E-state index in [1.165, 1.54) is 39.1 Å². The molecule has 0 saturated carbocycles. The Kier molecular flexibility index (Phi) is 2.97. The zero-order chi connectivity index (χ0) is 15.3. The molecule has 2 aromatic rings. The van der Waals surface area contributed by atoms with Gasteiger partial charge in [-0.1, -0.05) is 59.2 Å². The molecule has 0 radical (unpaired) electrons. The van der Waals surface area contributed by atoms with Gasteiger partial charge in [-0.3, -0.25) is 0 Å². The SMILES string of the molecule is CC1=CC2c3ccc(C)cc3C(=C1)C2Nc1ccc(C)cc1. The summed E-state index contributed by atoms with van der Waals surface area (Å²) in [6.07, 6.45) is 4.74. The van der Waals surface area contributed by atoms with Crippen LogP contribution in [0.4, 0.5) is 5.69 Å². The van der Waals surface area contributed by atoms with E-state index in [4.69, 9.17) is 0 Å². The van der Waals surface area contributed by atoms with Gasteiger partial charge in [-0.25, -0.2) is 0 Å². The molecule has 4 rings (SSSR count). The number of fused-ring (bicyclic) bond motifs is 5. The number of hydrogen-bond donors (Lipinski definition) is 1. The van der Waals surface area contributed by atoms with Crippen LogP contribution in [0.2, 0.25) is 0 Å². The number of allylic oxidation sites excluding steroid dienone is 2. The van der Waals surface area contributed by atoms with Crippen molar-refractivity contribution in [2.45, 2.75) is 32.7 Å². The van der Waals surface area contributed by atoms with Crippen LogP contribution in [0.5, 0.6) is 0 Å². The number of hydrogen-bond acceptors (Lipinski definition) is 1. The highest BCUT2D eigenvalue weighted by Gasteiger charge is 2.37. The van der Waals surface area contributed by atoms with Crippen LogP contribution >= 0.6 is 0 Å². The molecule has 0 amide bonds. The van der Waals surface area contributed by atoms with Crippen LogP contribution < -0.4 is 5.32 Å². The first-order valence-electron chi connectivity index (χ1n) is 7.96. The summed E-state index contributed by atoms with van der Waals surface area (Å²) in [7, 11) is 0. The second kappa shape index (κ2) is 4.88. The number of nitrogens with one attached hydrogen (secondary N) is 1. The van der Waals surface area contributed by atoms with Gasteiger partial charge >= 0.3 is 0 Å². The third-order valence-corrected chi connectivity index (χ3v) is 4.77. The molecule has 0 heterocycles. The first kappa shape index (κ1) is 13.4. The van der Waals surface area contributed by atoms with Crippen molar-refractivity contribution in [2.24, 2.45) is 0 Å². The lowest BCUT2D eigenvalue weighted by atomic mass is 9.90. The second-order valence-electron chi connectivity index (χ2n) is 6.61. The van der Waals surface area contributed by atoms with Crippen LogP contribution in [-0.2, 0) is 0 Å². The van der Waals surface area contributed by atoms with Gasteiger partial charge in [0, 0.05) is 11.6 Å². The summed E-state index contributed by atoms with van der Waals surface area (Å²) in [5, 5.41) is 3.74. The highest BCUT2D eigenvalue weighted by molar-refractivity contribution is 5.85. The maximum absolute atomic E-state index is 3.74. The smallest absolute Gasteiger partial charge is 0.0623 e. The third-order valence-electron chi connectivity index (χ3n) is 4.77. The summed E-state index contributed by atoms with van der Waals surface area (Å²) in [6, 6.07) is 15.9. The van der Waals surface area contributed by atoms with Crippen LogP contribution in [0.15, 0.2) is 60.2 Å². The molecule has 2 aliphatic carbocycles. The predicted molar refractivity (Wildman–Crippen MR) is 94.2 cm³/mol. The zero-order valence-electron chi connectivity index (χ0n) is 13.4. The number of rotatable bonds is 2. The van der Waals surface area contributed by atoms with Gasteiger partial charge in [-0.15, -0.1) is 0 Å². The molecule has 2 atom stereocenters. The minimum atomic E-state index is 0.350. The van der Waals surface area contributed by atoms with E-state index < -0.39 is 0 Å². The first-order valence-corrected chi connectivity index (χ1v) is 7.96. The number of benzene rings is 2. The molecule has 2 bridgehead atoms. The molecule has 22 heavy (non-hydrogen) atoms. The molecule has 1 heteroatoms. The Morgan fingerprint density at radius 3 is 2.36 bits per heavy atom. The van der Waals surface area contributed by atoms with Gasteiger partial charge < -0.3 is 5.32 Å². The standard InChI is InChI=1S/C21H21N/c1-13-4-7-16(8-5-13)22-21-19-11-15(3)12-20(21)18-10-14(2)6-9-17(18)19/h4-12,19,21-22H,1-3H3. The predicted octanol–water partition coefficient (Wildman–Crippen LogP) is 5.22. The third kappa shape index (κ3) is 2.09. The average molecular weight is 287 g/mol. The van der Waals surface area contributed by atoms with Crippen molar-refractivity contribution in [1.82, 2.24) is 0 Å². The molecule has 0 aromatic heterocycles. The molecule has 2 unspecified atom stereocenters. The molecule has 2 aliphatic rings. The fourth-order valence-electron chi connectivity index (χ4n) is 3.68.